The highest BCUT2D eigenvalue weighted by atomic mass is 28.3. The van der Waals surface area contributed by atoms with E-state index in [1.54, 1.807) is 0 Å². The molecule has 2 rings (SSSR count). The highest BCUT2D eigenvalue weighted by molar-refractivity contribution is 6.89. The number of likely N-dealkylation sites (tertiary alicyclic amines) is 1. The molecule has 3 heteroatoms. The van der Waals surface area contributed by atoms with E-state index in [2.05, 4.69) is 24.1 Å². The molecule has 1 aromatic heterocycles. The fourth-order valence-electron chi connectivity index (χ4n) is 2.59. The maximum atomic E-state index is 5.61. The maximum Gasteiger partial charge on any atom is 0.140 e. The van der Waals surface area contributed by atoms with Crippen molar-refractivity contribution in [3.05, 3.63) is 18.4 Å². The van der Waals surface area contributed by atoms with Gasteiger partial charge in [-0.1, -0.05) is 25.9 Å². The van der Waals surface area contributed by atoms with Gasteiger partial charge in [0, 0.05) is 6.17 Å². The quantitative estimate of drug-likeness (QED) is 0.751. The van der Waals surface area contributed by atoms with E-state index < -0.39 is 8.07 Å². The van der Waals surface area contributed by atoms with Gasteiger partial charge in [0.15, 0.2) is 0 Å². The van der Waals surface area contributed by atoms with E-state index in [-0.39, 0.29) is 0 Å². The van der Waals surface area contributed by atoms with E-state index in [9.17, 15) is 0 Å². The molecule has 2 heterocycles. The first-order chi connectivity index (χ1) is 7.68. The second kappa shape index (κ2) is 5.19. The largest absolute Gasteiger partial charge is 0.474 e. The number of hydrogen-bond acceptors (Lipinski definition) is 2. The second-order valence-corrected chi connectivity index (χ2v) is 10.1. The van der Waals surface area contributed by atoms with Crippen LogP contribution in [0, 0.1) is 0 Å². The molecule has 1 aliphatic rings. The van der Waals surface area contributed by atoms with Gasteiger partial charge in [-0.2, -0.15) is 0 Å². The lowest BCUT2D eigenvalue weighted by Gasteiger charge is -2.28. The predicted molar refractivity (Wildman–Crippen MR) is 70.7 cm³/mol. The van der Waals surface area contributed by atoms with Crippen LogP contribution < -0.4 is 5.38 Å². The van der Waals surface area contributed by atoms with Crippen LogP contribution in [0.25, 0.3) is 0 Å². The molecular weight excluding hydrogens is 214 g/mol. The lowest BCUT2D eigenvalue weighted by molar-refractivity contribution is 0.326. The van der Waals surface area contributed by atoms with Crippen molar-refractivity contribution in [2.45, 2.75) is 38.8 Å². The van der Waals surface area contributed by atoms with Crippen LogP contribution in [-0.4, -0.2) is 32.2 Å². The van der Waals surface area contributed by atoms with E-state index in [1.807, 2.05) is 12.3 Å². The third-order valence-electron chi connectivity index (χ3n) is 3.51. The van der Waals surface area contributed by atoms with Crippen molar-refractivity contribution in [2.24, 2.45) is 0 Å². The third kappa shape index (κ3) is 2.98. The molecule has 0 radical (unpaired) electrons. The Bertz CT molecular complexity index is 300. The van der Waals surface area contributed by atoms with Crippen molar-refractivity contribution in [2.75, 3.05) is 19.3 Å². The molecule has 0 unspecified atom stereocenters. The zero-order chi connectivity index (χ0) is 11.4. The minimum absolute atomic E-state index is 1.25. The van der Waals surface area contributed by atoms with Crippen LogP contribution in [0.4, 0.5) is 0 Å². The normalized spacial score (nSPS) is 19.6. The summed E-state index contributed by atoms with van der Waals surface area (Å²) in [6, 6.07) is 4.18. The summed E-state index contributed by atoms with van der Waals surface area (Å²) in [5.74, 6) is 0. The fraction of sp³-hybridized carbons (Fsp3) is 0.692. The third-order valence-corrected chi connectivity index (χ3v) is 6.36. The Morgan fingerprint density at radius 3 is 2.44 bits per heavy atom. The van der Waals surface area contributed by atoms with Gasteiger partial charge in [0.2, 0.25) is 0 Å². The van der Waals surface area contributed by atoms with Crippen LogP contribution in [0.5, 0.6) is 0 Å². The first-order valence-corrected chi connectivity index (χ1v) is 9.65. The first kappa shape index (κ1) is 11.9. The van der Waals surface area contributed by atoms with Gasteiger partial charge in [-0.25, -0.2) is 0 Å². The summed E-state index contributed by atoms with van der Waals surface area (Å²) in [4.78, 5) is 2.65. The number of furan rings is 1. The summed E-state index contributed by atoms with van der Waals surface area (Å²) in [7, 11) is -1.38. The van der Waals surface area contributed by atoms with Crippen molar-refractivity contribution in [1.29, 1.82) is 0 Å². The van der Waals surface area contributed by atoms with Crippen LogP contribution >= 0.6 is 0 Å². The van der Waals surface area contributed by atoms with Gasteiger partial charge in [0.25, 0.3) is 0 Å². The molecule has 0 bridgehead atoms. The number of nitrogens with zero attached hydrogens (tertiary/aromatic N) is 1. The molecule has 0 atom stereocenters. The lowest BCUT2D eigenvalue weighted by Crippen LogP contribution is -2.51. The predicted octanol–water partition coefficient (Wildman–Crippen LogP) is 2.61. The molecule has 1 saturated heterocycles. The van der Waals surface area contributed by atoms with E-state index in [1.165, 1.54) is 50.3 Å². The first-order valence-electron chi connectivity index (χ1n) is 6.45. The smallest absolute Gasteiger partial charge is 0.140 e. The Morgan fingerprint density at radius 1 is 1.19 bits per heavy atom. The summed E-state index contributed by atoms with van der Waals surface area (Å²) in [5, 5.41) is 1.25. The van der Waals surface area contributed by atoms with Gasteiger partial charge in [-0.05, 0) is 38.1 Å². The molecule has 16 heavy (non-hydrogen) atoms. The Balaban J connectivity index is 1.96. The zero-order valence-corrected chi connectivity index (χ0v) is 11.5. The van der Waals surface area contributed by atoms with E-state index in [4.69, 9.17) is 4.42 Å². The minimum Gasteiger partial charge on any atom is -0.474 e. The fourth-order valence-corrected chi connectivity index (χ4v) is 5.12. The topological polar surface area (TPSA) is 16.4 Å². The Hall–Kier alpha value is -0.543. The molecule has 1 fully saturated rings. The van der Waals surface area contributed by atoms with Crippen LogP contribution in [0.2, 0.25) is 13.1 Å². The molecular formula is C13H23NOSi. The van der Waals surface area contributed by atoms with Crippen molar-refractivity contribution < 1.29 is 4.42 Å². The lowest BCUT2D eigenvalue weighted by atomic mass is 10.2. The second-order valence-electron chi connectivity index (χ2n) is 5.55. The van der Waals surface area contributed by atoms with Crippen LogP contribution in [0.1, 0.15) is 25.7 Å². The van der Waals surface area contributed by atoms with Crippen LogP contribution in [0.3, 0.4) is 0 Å². The van der Waals surface area contributed by atoms with Gasteiger partial charge in [-0.3, -0.25) is 0 Å². The summed E-state index contributed by atoms with van der Waals surface area (Å²) < 4.78 is 5.61. The van der Waals surface area contributed by atoms with Crippen molar-refractivity contribution in [1.82, 2.24) is 4.90 Å². The molecule has 0 amide bonds. The van der Waals surface area contributed by atoms with Crippen molar-refractivity contribution in [3.63, 3.8) is 0 Å². The maximum absolute atomic E-state index is 5.61. The van der Waals surface area contributed by atoms with Gasteiger partial charge < -0.3 is 9.32 Å². The Morgan fingerprint density at radius 2 is 1.88 bits per heavy atom. The molecule has 0 N–H and O–H groups in total. The number of hydrogen-bond donors (Lipinski definition) is 0. The molecule has 0 saturated carbocycles. The monoisotopic (exact) mass is 237 g/mol. The van der Waals surface area contributed by atoms with Gasteiger partial charge in [-0.15, -0.1) is 0 Å². The summed E-state index contributed by atoms with van der Waals surface area (Å²) >= 11 is 0. The number of rotatable bonds is 3. The average Bonchev–Trinajstić information content (AvgIpc) is 2.67. The van der Waals surface area contributed by atoms with Gasteiger partial charge >= 0.3 is 0 Å². The summed E-state index contributed by atoms with van der Waals surface area (Å²) in [6.45, 7) is 7.40. The van der Waals surface area contributed by atoms with E-state index in [0.717, 1.165) is 0 Å². The van der Waals surface area contributed by atoms with E-state index >= 15 is 0 Å². The standard InChI is InChI=1S/C13H23NOSi/c1-16(2,13-8-7-11-15-13)12-14-9-5-3-4-6-10-14/h7-8,11H,3-6,9-10,12H2,1-2H3. The highest BCUT2D eigenvalue weighted by Gasteiger charge is 2.29. The Kier molecular flexibility index (Phi) is 3.87. The molecule has 0 aliphatic carbocycles. The van der Waals surface area contributed by atoms with E-state index in [0.29, 0.717) is 0 Å². The highest BCUT2D eigenvalue weighted by Crippen LogP contribution is 2.13. The SMILES string of the molecule is C[Si](C)(CN1CCCCCC1)c1ccco1. The van der Waals surface area contributed by atoms with Crippen LogP contribution in [0.15, 0.2) is 22.8 Å². The average molecular weight is 237 g/mol. The van der Waals surface area contributed by atoms with Crippen molar-refractivity contribution >= 4 is 13.5 Å². The van der Waals surface area contributed by atoms with Crippen molar-refractivity contribution in [3.8, 4) is 0 Å². The summed E-state index contributed by atoms with van der Waals surface area (Å²) in [6.07, 6.45) is 8.65. The molecule has 90 valence electrons. The minimum atomic E-state index is -1.38. The van der Waals surface area contributed by atoms with Gasteiger partial charge in [0.1, 0.15) is 8.07 Å². The molecule has 2 nitrogen and oxygen atoms in total. The van der Waals surface area contributed by atoms with Gasteiger partial charge in [0.05, 0.1) is 11.6 Å². The molecule has 1 aliphatic heterocycles. The molecule has 0 spiro atoms. The Labute approximate surface area is 99.6 Å². The zero-order valence-electron chi connectivity index (χ0n) is 10.5. The molecule has 0 aromatic carbocycles. The van der Waals surface area contributed by atoms with Crippen LogP contribution in [-0.2, 0) is 0 Å². The molecule has 1 aromatic rings. The summed E-state index contributed by atoms with van der Waals surface area (Å²) in [5.41, 5.74) is 0.